The maximum atomic E-state index is 13.5. The molecule has 0 bridgehead atoms. The summed E-state index contributed by atoms with van der Waals surface area (Å²) in [5.74, 6) is -0.0671. The van der Waals surface area contributed by atoms with Crippen LogP contribution in [0.25, 0.3) is 11.2 Å². The number of carbonyl (C=O) groups is 1. The molecule has 0 unspecified atom stereocenters. The Labute approximate surface area is 173 Å². The summed E-state index contributed by atoms with van der Waals surface area (Å²) in [6.45, 7) is 1.63. The van der Waals surface area contributed by atoms with Crippen LogP contribution in [-0.2, 0) is 6.54 Å². The van der Waals surface area contributed by atoms with E-state index in [1.165, 1.54) is 12.5 Å². The molecule has 1 saturated heterocycles. The van der Waals surface area contributed by atoms with E-state index in [1.54, 1.807) is 26.3 Å². The van der Waals surface area contributed by atoms with Crippen LogP contribution in [0.2, 0.25) is 0 Å². The van der Waals surface area contributed by atoms with E-state index >= 15 is 0 Å². The fourth-order valence-electron chi connectivity index (χ4n) is 4.28. The van der Waals surface area contributed by atoms with Crippen molar-refractivity contribution in [2.45, 2.75) is 25.4 Å². The zero-order chi connectivity index (χ0) is 20.5. The minimum atomic E-state index is -0.114. The molecule has 1 fully saturated rings. The Hall–Kier alpha value is -3.61. The Balaban J connectivity index is 1.52. The van der Waals surface area contributed by atoms with Crippen LogP contribution in [0.5, 0.6) is 0 Å². The molecule has 1 atom stereocenters. The minimum absolute atomic E-state index is 0.0671. The molecule has 0 saturated carbocycles. The molecule has 3 aromatic heterocycles. The van der Waals surface area contributed by atoms with Gasteiger partial charge in [0.1, 0.15) is 6.26 Å². The van der Waals surface area contributed by atoms with Crippen LogP contribution in [-0.4, -0.2) is 38.0 Å². The molecule has 4 aromatic rings. The maximum Gasteiger partial charge on any atom is 0.330 e. The van der Waals surface area contributed by atoms with E-state index in [1.807, 2.05) is 42.5 Å². The molecule has 5 rings (SSSR count). The van der Waals surface area contributed by atoms with Crippen LogP contribution in [0.3, 0.4) is 0 Å². The Morgan fingerprint density at radius 3 is 2.80 bits per heavy atom. The van der Waals surface area contributed by atoms with Crippen molar-refractivity contribution in [3.63, 3.8) is 0 Å². The lowest BCUT2D eigenvalue weighted by Crippen LogP contribution is -2.43. The van der Waals surface area contributed by atoms with Gasteiger partial charge in [-0.25, -0.2) is 9.78 Å². The van der Waals surface area contributed by atoms with Gasteiger partial charge in [-0.05, 0) is 36.6 Å². The number of furan rings is 1. The van der Waals surface area contributed by atoms with Gasteiger partial charge >= 0.3 is 5.69 Å². The van der Waals surface area contributed by atoms with Crippen LogP contribution in [0.4, 0.5) is 0 Å². The van der Waals surface area contributed by atoms with E-state index < -0.39 is 0 Å². The molecule has 7 heteroatoms. The van der Waals surface area contributed by atoms with Gasteiger partial charge in [-0.2, -0.15) is 0 Å². The molecule has 30 heavy (non-hydrogen) atoms. The highest BCUT2D eigenvalue weighted by molar-refractivity contribution is 5.93. The number of aromatic nitrogens is 3. The van der Waals surface area contributed by atoms with Crippen LogP contribution < -0.4 is 5.69 Å². The molecule has 1 aliphatic heterocycles. The largest absolute Gasteiger partial charge is 0.472 e. The first-order valence-corrected chi connectivity index (χ1v) is 10.1. The van der Waals surface area contributed by atoms with Gasteiger partial charge in [0, 0.05) is 19.3 Å². The number of imidazole rings is 1. The Morgan fingerprint density at radius 2 is 2.00 bits per heavy atom. The van der Waals surface area contributed by atoms with Gasteiger partial charge in [0.25, 0.3) is 5.91 Å². The average molecular weight is 402 g/mol. The van der Waals surface area contributed by atoms with Gasteiger partial charge < -0.3 is 9.32 Å². The molecule has 0 spiro atoms. The lowest BCUT2D eigenvalue weighted by atomic mass is 10.0. The Bertz CT molecular complexity index is 1220. The number of fused-ring (bicyclic) bond motifs is 1. The standard InChI is InChI=1S/C23H22N4O3/c28-22(18-10-13-30-16-18)25-12-5-8-19(15-25)27-21-20(9-4-11-24-21)26(23(27)29)14-17-6-2-1-3-7-17/h1-4,6-7,9-11,13,16,19H,5,8,12,14-15H2/t19-/m0/s1. The van der Waals surface area contributed by atoms with Gasteiger partial charge in [0.05, 0.1) is 29.9 Å². The molecular weight excluding hydrogens is 380 g/mol. The summed E-state index contributed by atoms with van der Waals surface area (Å²) in [6, 6.07) is 15.3. The van der Waals surface area contributed by atoms with E-state index in [9.17, 15) is 9.59 Å². The van der Waals surface area contributed by atoms with Crippen LogP contribution in [0.15, 0.2) is 76.5 Å². The van der Waals surface area contributed by atoms with Crippen molar-refractivity contribution < 1.29 is 9.21 Å². The summed E-state index contributed by atoms with van der Waals surface area (Å²) in [7, 11) is 0. The molecular formula is C23H22N4O3. The first-order valence-electron chi connectivity index (χ1n) is 10.1. The number of piperidine rings is 1. The predicted octanol–water partition coefficient (Wildman–Crippen LogP) is 3.32. The normalized spacial score (nSPS) is 16.8. The molecule has 0 N–H and O–H groups in total. The van der Waals surface area contributed by atoms with Crippen molar-refractivity contribution in [1.29, 1.82) is 0 Å². The highest BCUT2D eigenvalue weighted by Crippen LogP contribution is 2.25. The van der Waals surface area contributed by atoms with Gasteiger partial charge in [-0.3, -0.25) is 13.9 Å². The molecule has 1 aliphatic rings. The third-order valence-corrected chi connectivity index (χ3v) is 5.72. The number of hydrogen-bond donors (Lipinski definition) is 0. The molecule has 0 radical (unpaired) electrons. The van der Waals surface area contributed by atoms with E-state index in [-0.39, 0.29) is 17.6 Å². The zero-order valence-corrected chi connectivity index (χ0v) is 16.5. The Kier molecular flexibility index (Phi) is 4.71. The SMILES string of the molecule is O=C(c1ccoc1)N1CCC[C@H](n2c(=O)n(Cc3ccccc3)c3cccnc32)C1. The fraction of sp³-hybridized carbons (Fsp3) is 0.261. The number of carbonyl (C=O) groups excluding carboxylic acids is 1. The second kappa shape index (κ2) is 7.67. The average Bonchev–Trinajstić information content (AvgIpc) is 3.42. The number of hydrogen-bond acceptors (Lipinski definition) is 4. The van der Waals surface area contributed by atoms with Crippen molar-refractivity contribution in [2.75, 3.05) is 13.1 Å². The molecule has 7 nitrogen and oxygen atoms in total. The number of pyridine rings is 1. The number of benzene rings is 1. The molecule has 1 aromatic carbocycles. The van der Waals surface area contributed by atoms with Crippen molar-refractivity contribution in [3.8, 4) is 0 Å². The van der Waals surface area contributed by atoms with E-state index in [0.29, 0.717) is 30.8 Å². The number of rotatable bonds is 4. The van der Waals surface area contributed by atoms with Crippen LogP contribution >= 0.6 is 0 Å². The van der Waals surface area contributed by atoms with E-state index in [0.717, 1.165) is 23.9 Å². The van der Waals surface area contributed by atoms with Gasteiger partial charge in [-0.1, -0.05) is 30.3 Å². The highest BCUT2D eigenvalue weighted by atomic mass is 16.3. The Morgan fingerprint density at radius 1 is 1.13 bits per heavy atom. The second-order valence-corrected chi connectivity index (χ2v) is 7.63. The minimum Gasteiger partial charge on any atom is -0.472 e. The lowest BCUT2D eigenvalue weighted by Gasteiger charge is -2.33. The van der Waals surface area contributed by atoms with E-state index in [4.69, 9.17) is 4.42 Å². The predicted molar refractivity (Wildman–Crippen MR) is 112 cm³/mol. The van der Waals surface area contributed by atoms with Crippen LogP contribution in [0, 0.1) is 0 Å². The molecule has 4 heterocycles. The van der Waals surface area contributed by atoms with Crippen molar-refractivity contribution in [3.05, 3.63) is 88.9 Å². The maximum absolute atomic E-state index is 13.5. The summed E-state index contributed by atoms with van der Waals surface area (Å²) < 4.78 is 8.60. The topological polar surface area (TPSA) is 73.3 Å². The third kappa shape index (κ3) is 3.22. The number of nitrogens with zero attached hydrogens (tertiary/aromatic N) is 4. The number of likely N-dealkylation sites (tertiary alicyclic amines) is 1. The van der Waals surface area contributed by atoms with Crippen molar-refractivity contribution >= 4 is 17.1 Å². The molecule has 1 amide bonds. The van der Waals surface area contributed by atoms with E-state index in [2.05, 4.69) is 4.98 Å². The first-order chi connectivity index (χ1) is 14.7. The molecule has 152 valence electrons. The van der Waals surface area contributed by atoms with Crippen LogP contribution in [0.1, 0.15) is 34.8 Å². The summed E-state index contributed by atoms with van der Waals surface area (Å²) in [5, 5.41) is 0. The van der Waals surface area contributed by atoms with Crippen molar-refractivity contribution in [2.24, 2.45) is 0 Å². The monoisotopic (exact) mass is 402 g/mol. The van der Waals surface area contributed by atoms with Gasteiger partial charge in [0.2, 0.25) is 0 Å². The van der Waals surface area contributed by atoms with Crippen molar-refractivity contribution in [1.82, 2.24) is 19.0 Å². The zero-order valence-electron chi connectivity index (χ0n) is 16.5. The van der Waals surface area contributed by atoms with Gasteiger partial charge in [0.15, 0.2) is 5.65 Å². The third-order valence-electron chi connectivity index (χ3n) is 5.72. The highest BCUT2D eigenvalue weighted by Gasteiger charge is 2.29. The quantitative estimate of drug-likeness (QED) is 0.525. The lowest BCUT2D eigenvalue weighted by molar-refractivity contribution is 0.0678. The molecule has 0 aliphatic carbocycles. The summed E-state index contributed by atoms with van der Waals surface area (Å²) in [4.78, 5) is 32.6. The number of amides is 1. The first kappa shape index (κ1) is 18.4. The smallest absolute Gasteiger partial charge is 0.330 e. The van der Waals surface area contributed by atoms with Gasteiger partial charge in [-0.15, -0.1) is 0 Å². The summed E-state index contributed by atoms with van der Waals surface area (Å²) in [5.41, 5.74) is 2.98. The fourth-order valence-corrected chi connectivity index (χ4v) is 4.28. The summed E-state index contributed by atoms with van der Waals surface area (Å²) >= 11 is 0. The summed E-state index contributed by atoms with van der Waals surface area (Å²) in [6.07, 6.45) is 6.34. The second-order valence-electron chi connectivity index (χ2n) is 7.63.